The van der Waals surface area contributed by atoms with Gasteiger partial charge in [-0.2, -0.15) is 0 Å². The van der Waals surface area contributed by atoms with Crippen molar-refractivity contribution in [1.29, 1.82) is 0 Å². The van der Waals surface area contributed by atoms with E-state index in [1.807, 2.05) is 48.2 Å². The number of anilines is 2. The van der Waals surface area contributed by atoms with Gasteiger partial charge in [0.1, 0.15) is 5.82 Å². The van der Waals surface area contributed by atoms with Crippen molar-refractivity contribution >= 4 is 29.1 Å². The molecule has 2 N–H and O–H groups in total. The Morgan fingerprint density at radius 1 is 0.884 bits per heavy atom. The molecular formula is C34H35FN4O4. The summed E-state index contributed by atoms with van der Waals surface area (Å²) in [6, 6.07) is 24.2. The Kier molecular flexibility index (Phi) is 9.51. The topological polar surface area (TPSA) is 94.9 Å². The summed E-state index contributed by atoms with van der Waals surface area (Å²) in [6.45, 7) is 4.60. The lowest BCUT2D eigenvalue weighted by Gasteiger charge is -2.28. The number of furan rings is 1. The average molecular weight is 583 g/mol. The molecule has 0 bridgehead atoms. The number of nitrogens with zero attached hydrogens (tertiary/aromatic N) is 2. The summed E-state index contributed by atoms with van der Waals surface area (Å²) < 4.78 is 18.6. The molecule has 4 aromatic rings. The highest BCUT2D eigenvalue weighted by atomic mass is 19.1. The maximum Gasteiger partial charge on any atom is 0.291 e. The van der Waals surface area contributed by atoms with Crippen molar-refractivity contribution < 1.29 is 23.2 Å². The summed E-state index contributed by atoms with van der Waals surface area (Å²) in [6.07, 6.45) is 2.87. The average Bonchev–Trinajstić information content (AvgIpc) is 3.47. The maximum absolute atomic E-state index is 13.6. The molecule has 1 aliphatic heterocycles. The molecule has 0 spiro atoms. The van der Waals surface area contributed by atoms with E-state index in [4.69, 9.17) is 4.42 Å². The first-order chi connectivity index (χ1) is 20.9. The zero-order valence-corrected chi connectivity index (χ0v) is 24.1. The Labute approximate surface area is 250 Å². The van der Waals surface area contributed by atoms with Gasteiger partial charge in [0, 0.05) is 44.1 Å². The summed E-state index contributed by atoms with van der Waals surface area (Å²) >= 11 is 0. The van der Waals surface area contributed by atoms with E-state index < -0.39 is 5.91 Å². The molecule has 0 unspecified atom stereocenters. The van der Waals surface area contributed by atoms with Crippen molar-refractivity contribution in [3.63, 3.8) is 0 Å². The van der Waals surface area contributed by atoms with Crippen molar-refractivity contribution in [3.05, 3.63) is 119 Å². The molecule has 1 aliphatic rings. The first kappa shape index (κ1) is 29.6. The van der Waals surface area contributed by atoms with Gasteiger partial charge in [-0.1, -0.05) is 49.4 Å². The maximum atomic E-state index is 13.6. The van der Waals surface area contributed by atoms with Crippen molar-refractivity contribution in [2.75, 3.05) is 36.4 Å². The first-order valence-electron chi connectivity index (χ1n) is 14.5. The van der Waals surface area contributed by atoms with Crippen LogP contribution in [0.4, 0.5) is 15.8 Å². The third-order valence-corrected chi connectivity index (χ3v) is 7.67. The molecule has 0 saturated carbocycles. The highest BCUT2D eigenvalue weighted by Crippen LogP contribution is 2.28. The Balaban J connectivity index is 1.35. The predicted octanol–water partition coefficient (Wildman–Crippen LogP) is 5.83. The summed E-state index contributed by atoms with van der Waals surface area (Å²) in [5.74, 6) is -1.03. The molecule has 3 aromatic carbocycles. The molecule has 43 heavy (non-hydrogen) atoms. The smallest absolute Gasteiger partial charge is 0.291 e. The number of nitrogens with one attached hydrogen (secondary N) is 2. The van der Waals surface area contributed by atoms with Crippen LogP contribution in [0, 0.1) is 5.82 Å². The highest BCUT2D eigenvalue weighted by Gasteiger charge is 2.27. The van der Waals surface area contributed by atoms with Gasteiger partial charge in [-0.3, -0.25) is 14.4 Å². The zero-order valence-electron chi connectivity index (χ0n) is 24.1. The van der Waals surface area contributed by atoms with Gasteiger partial charge in [0.15, 0.2) is 5.76 Å². The zero-order chi connectivity index (χ0) is 30.2. The molecule has 2 heterocycles. The standard InChI is InChI=1S/C34H35FN4O4/c1-2-28(25-8-4-3-5-9-25)34(42)39-18-7-17-38(19-20-39)30-16-15-27(37-33(41)31-10-6-21-43-31)22-29(30)32(40)36-23-24-11-13-26(35)14-12-24/h3-6,8-16,21-22,28H,2,7,17-20,23H2,1H3,(H,36,40)(H,37,41)/t28-/m0/s1. The second-order valence-corrected chi connectivity index (χ2v) is 10.5. The van der Waals surface area contributed by atoms with Crippen molar-refractivity contribution in [3.8, 4) is 0 Å². The fraction of sp³-hybridized carbons (Fsp3) is 0.265. The van der Waals surface area contributed by atoms with Gasteiger partial charge < -0.3 is 24.9 Å². The summed E-state index contributed by atoms with van der Waals surface area (Å²) in [5, 5.41) is 5.71. The van der Waals surface area contributed by atoms with Crippen LogP contribution in [0.25, 0.3) is 0 Å². The van der Waals surface area contributed by atoms with Crippen LogP contribution < -0.4 is 15.5 Å². The second kappa shape index (κ2) is 13.8. The van der Waals surface area contributed by atoms with Crippen molar-refractivity contribution in [2.24, 2.45) is 0 Å². The second-order valence-electron chi connectivity index (χ2n) is 10.5. The van der Waals surface area contributed by atoms with E-state index in [-0.39, 0.29) is 35.9 Å². The third kappa shape index (κ3) is 7.30. The summed E-state index contributed by atoms with van der Waals surface area (Å²) in [5.41, 5.74) is 3.30. The lowest BCUT2D eigenvalue weighted by Crippen LogP contribution is -2.38. The Hall–Kier alpha value is -4.92. The van der Waals surface area contributed by atoms with E-state index in [2.05, 4.69) is 15.5 Å². The van der Waals surface area contributed by atoms with Gasteiger partial charge in [-0.15, -0.1) is 0 Å². The molecule has 1 aromatic heterocycles. The van der Waals surface area contributed by atoms with Crippen LogP contribution >= 0.6 is 0 Å². The van der Waals surface area contributed by atoms with E-state index >= 15 is 0 Å². The van der Waals surface area contributed by atoms with Crippen LogP contribution in [0.1, 0.15) is 57.7 Å². The number of carbonyl (C=O) groups excluding carboxylic acids is 3. The number of rotatable bonds is 9. The number of halogens is 1. The van der Waals surface area contributed by atoms with Gasteiger partial charge in [0.2, 0.25) is 5.91 Å². The Bertz CT molecular complexity index is 1540. The van der Waals surface area contributed by atoms with Gasteiger partial charge in [-0.25, -0.2) is 4.39 Å². The van der Waals surface area contributed by atoms with Gasteiger partial charge >= 0.3 is 0 Å². The number of hydrogen-bond acceptors (Lipinski definition) is 5. The van der Waals surface area contributed by atoms with E-state index in [0.717, 1.165) is 17.5 Å². The van der Waals surface area contributed by atoms with Crippen molar-refractivity contribution in [2.45, 2.75) is 32.2 Å². The quantitative estimate of drug-likeness (QED) is 0.259. The molecule has 8 nitrogen and oxygen atoms in total. The number of amides is 3. The number of benzene rings is 3. The molecule has 0 aliphatic carbocycles. The molecule has 1 fully saturated rings. The van der Waals surface area contributed by atoms with E-state index in [1.54, 1.807) is 36.4 Å². The predicted molar refractivity (Wildman–Crippen MR) is 164 cm³/mol. The third-order valence-electron chi connectivity index (χ3n) is 7.67. The fourth-order valence-corrected chi connectivity index (χ4v) is 5.39. The molecular weight excluding hydrogens is 547 g/mol. The van der Waals surface area contributed by atoms with Crippen LogP contribution in [-0.2, 0) is 11.3 Å². The molecule has 222 valence electrons. The van der Waals surface area contributed by atoms with Crippen LogP contribution in [0.3, 0.4) is 0 Å². The summed E-state index contributed by atoms with van der Waals surface area (Å²) in [7, 11) is 0. The minimum Gasteiger partial charge on any atom is -0.459 e. The molecule has 3 amide bonds. The van der Waals surface area contributed by atoms with Gasteiger partial charge in [0.25, 0.3) is 11.8 Å². The minimum atomic E-state index is -0.428. The van der Waals surface area contributed by atoms with Crippen molar-refractivity contribution in [1.82, 2.24) is 10.2 Å². The lowest BCUT2D eigenvalue weighted by molar-refractivity contribution is -0.132. The molecule has 0 radical (unpaired) electrons. The fourth-order valence-electron chi connectivity index (χ4n) is 5.39. The normalized spacial score (nSPS) is 14.1. The molecule has 9 heteroatoms. The van der Waals surface area contributed by atoms with E-state index in [9.17, 15) is 18.8 Å². The molecule has 1 saturated heterocycles. The highest BCUT2D eigenvalue weighted by molar-refractivity contribution is 6.05. The SMILES string of the molecule is CC[C@H](C(=O)N1CCCN(c2ccc(NC(=O)c3ccco3)cc2C(=O)NCc2ccc(F)cc2)CC1)c1ccccc1. The largest absolute Gasteiger partial charge is 0.459 e. The number of carbonyl (C=O) groups is 3. The van der Waals surface area contributed by atoms with Crippen LogP contribution in [0.5, 0.6) is 0 Å². The number of hydrogen-bond donors (Lipinski definition) is 2. The first-order valence-corrected chi connectivity index (χ1v) is 14.5. The van der Waals surface area contributed by atoms with Crippen LogP contribution in [-0.4, -0.2) is 48.8 Å². The lowest BCUT2D eigenvalue weighted by atomic mass is 9.95. The monoisotopic (exact) mass is 582 g/mol. The van der Waals surface area contributed by atoms with Crippen LogP contribution in [0.15, 0.2) is 95.6 Å². The molecule has 1 atom stereocenters. The Morgan fingerprint density at radius 2 is 1.67 bits per heavy atom. The van der Waals surface area contributed by atoms with Gasteiger partial charge in [0.05, 0.1) is 17.7 Å². The Morgan fingerprint density at radius 3 is 2.40 bits per heavy atom. The summed E-state index contributed by atoms with van der Waals surface area (Å²) in [4.78, 5) is 43.8. The van der Waals surface area contributed by atoms with E-state index in [1.165, 1.54) is 18.4 Å². The van der Waals surface area contributed by atoms with E-state index in [0.29, 0.717) is 49.5 Å². The minimum absolute atomic E-state index is 0.115. The molecule has 5 rings (SSSR count). The van der Waals surface area contributed by atoms with Crippen LogP contribution in [0.2, 0.25) is 0 Å². The van der Waals surface area contributed by atoms with Gasteiger partial charge in [-0.05, 0) is 66.4 Å².